The molecule has 1 rings (SSSR count). The minimum Gasteiger partial charge on any atom is -0.446 e. The summed E-state index contributed by atoms with van der Waals surface area (Å²) in [6.07, 6.45) is -0.909. The first-order valence-electron chi connectivity index (χ1n) is 6.58. The zero-order valence-corrected chi connectivity index (χ0v) is 13.8. The number of amides is 1. The summed E-state index contributed by atoms with van der Waals surface area (Å²) in [4.78, 5) is 23.3. The van der Waals surface area contributed by atoms with E-state index in [0.29, 0.717) is 0 Å². The van der Waals surface area contributed by atoms with Gasteiger partial charge in [-0.25, -0.2) is 12.7 Å². The molecular weight excluding hydrogens is 322 g/mol. The van der Waals surface area contributed by atoms with Crippen molar-refractivity contribution in [2.45, 2.75) is 17.9 Å². The molecule has 0 spiro atoms. The van der Waals surface area contributed by atoms with Gasteiger partial charge in [-0.3, -0.25) is 9.59 Å². The number of carbonyl (C=O) groups is 2. The Balaban J connectivity index is 2.79. The van der Waals surface area contributed by atoms with E-state index in [0.717, 1.165) is 4.31 Å². The van der Waals surface area contributed by atoms with Crippen molar-refractivity contribution in [3.8, 4) is 6.07 Å². The summed E-state index contributed by atoms with van der Waals surface area (Å²) in [5.41, 5.74) is 0.0917. The molecule has 0 aromatic heterocycles. The lowest BCUT2D eigenvalue weighted by atomic mass is 10.2. The van der Waals surface area contributed by atoms with Gasteiger partial charge in [-0.05, 0) is 25.1 Å². The summed E-state index contributed by atoms with van der Waals surface area (Å²) in [6, 6.07) is 7.16. The van der Waals surface area contributed by atoms with Crippen molar-refractivity contribution in [1.29, 1.82) is 5.26 Å². The number of hydrogen-bond acceptors (Lipinski definition) is 6. The molecule has 0 saturated carbocycles. The summed E-state index contributed by atoms with van der Waals surface area (Å²) >= 11 is 0. The second kappa shape index (κ2) is 7.71. The molecule has 0 unspecified atom stereocenters. The van der Waals surface area contributed by atoms with Crippen LogP contribution in [-0.4, -0.2) is 51.3 Å². The summed E-state index contributed by atoms with van der Waals surface area (Å²) in [5, 5.41) is 10.8. The lowest BCUT2D eigenvalue weighted by molar-refractivity contribution is -0.144. The van der Waals surface area contributed by atoms with Gasteiger partial charge in [0.1, 0.15) is 12.6 Å². The normalized spacial score (nSPS) is 12.3. The predicted molar refractivity (Wildman–Crippen MR) is 80.8 cm³/mol. The molecule has 0 heterocycles. The largest absolute Gasteiger partial charge is 0.446 e. The van der Waals surface area contributed by atoms with Gasteiger partial charge < -0.3 is 10.1 Å². The van der Waals surface area contributed by atoms with Gasteiger partial charge in [0.15, 0.2) is 6.10 Å². The second-order valence-electron chi connectivity index (χ2n) is 4.76. The Labute approximate surface area is 134 Å². The van der Waals surface area contributed by atoms with Gasteiger partial charge in [-0.2, -0.15) is 5.26 Å². The molecule has 1 aromatic rings. The lowest BCUT2D eigenvalue weighted by Crippen LogP contribution is -2.32. The van der Waals surface area contributed by atoms with Gasteiger partial charge in [-0.15, -0.1) is 0 Å². The highest BCUT2D eigenvalue weighted by Gasteiger charge is 2.19. The maximum atomic E-state index is 12.0. The molecule has 1 N–H and O–H groups in total. The molecule has 0 aliphatic carbocycles. The molecule has 9 heteroatoms. The fourth-order valence-corrected chi connectivity index (χ4v) is 2.48. The summed E-state index contributed by atoms with van der Waals surface area (Å²) < 4.78 is 29.7. The van der Waals surface area contributed by atoms with Crippen LogP contribution in [-0.2, 0) is 19.6 Å². The Morgan fingerprint density at radius 1 is 1.39 bits per heavy atom. The number of nitrogens with one attached hydrogen (secondary N) is 1. The number of carbonyl (C=O) groups excluding carboxylic acids is 2. The fourth-order valence-electron chi connectivity index (χ4n) is 1.53. The van der Waals surface area contributed by atoms with Crippen molar-refractivity contribution < 1.29 is 22.7 Å². The van der Waals surface area contributed by atoms with Crippen LogP contribution in [0.3, 0.4) is 0 Å². The molecule has 1 amide bonds. The molecule has 1 atom stereocenters. The van der Waals surface area contributed by atoms with Gasteiger partial charge in [0, 0.05) is 19.7 Å². The zero-order chi connectivity index (χ0) is 17.6. The number of sulfonamides is 1. The number of nitrogens with zero attached hydrogens (tertiary/aromatic N) is 2. The van der Waals surface area contributed by atoms with Crippen LogP contribution < -0.4 is 5.32 Å². The standard InChI is InChI=1S/C14H17N3O5S/c1-10(8-15)22-13(18)9-16-14(19)11-5-4-6-12(7-11)23(20,21)17(2)3/h4-7,10H,9H2,1-3H3,(H,16,19)/t10-/m0/s1. The Hall–Kier alpha value is -2.44. The topological polar surface area (TPSA) is 117 Å². The molecule has 8 nitrogen and oxygen atoms in total. The Bertz CT molecular complexity index is 737. The zero-order valence-electron chi connectivity index (χ0n) is 12.9. The van der Waals surface area contributed by atoms with E-state index in [1.807, 2.05) is 0 Å². The molecule has 0 fully saturated rings. The van der Waals surface area contributed by atoms with Crippen LogP contribution in [0.15, 0.2) is 29.2 Å². The summed E-state index contributed by atoms with van der Waals surface area (Å²) in [6.45, 7) is 0.977. The molecular formula is C14H17N3O5S. The predicted octanol–water partition coefficient (Wildman–Crippen LogP) is 0.122. The quantitative estimate of drug-likeness (QED) is 0.736. The lowest BCUT2D eigenvalue weighted by Gasteiger charge is -2.12. The van der Waals surface area contributed by atoms with Gasteiger partial charge in [-0.1, -0.05) is 6.07 Å². The maximum Gasteiger partial charge on any atom is 0.326 e. The Kier molecular flexibility index (Phi) is 6.24. The molecule has 0 aliphatic rings. The van der Waals surface area contributed by atoms with E-state index in [4.69, 9.17) is 5.26 Å². The smallest absolute Gasteiger partial charge is 0.326 e. The first-order chi connectivity index (χ1) is 10.7. The monoisotopic (exact) mass is 339 g/mol. The van der Waals surface area contributed by atoms with E-state index < -0.39 is 34.5 Å². The van der Waals surface area contributed by atoms with Crippen molar-refractivity contribution in [1.82, 2.24) is 9.62 Å². The minimum absolute atomic E-state index is 0.0316. The first-order valence-corrected chi connectivity index (χ1v) is 8.02. The van der Waals surface area contributed by atoms with Crippen molar-refractivity contribution in [2.75, 3.05) is 20.6 Å². The first kappa shape index (κ1) is 18.6. The number of rotatable bonds is 6. The highest BCUT2D eigenvalue weighted by Crippen LogP contribution is 2.14. The van der Waals surface area contributed by atoms with E-state index in [9.17, 15) is 18.0 Å². The minimum atomic E-state index is -3.66. The number of nitriles is 1. The number of hydrogen-bond donors (Lipinski definition) is 1. The molecule has 124 valence electrons. The highest BCUT2D eigenvalue weighted by molar-refractivity contribution is 7.89. The van der Waals surface area contributed by atoms with Crippen LogP contribution in [0.5, 0.6) is 0 Å². The molecule has 23 heavy (non-hydrogen) atoms. The molecule has 0 radical (unpaired) electrons. The van der Waals surface area contributed by atoms with Crippen LogP contribution in [0.25, 0.3) is 0 Å². The van der Waals surface area contributed by atoms with Crippen molar-refractivity contribution in [3.63, 3.8) is 0 Å². The van der Waals surface area contributed by atoms with E-state index in [-0.39, 0.29) is 10.5 Å². The van der Waals surface area contributed by atoms with Crippen LogP contribution in [0.4, 0.5) is 0 Å². The summed E-state index contributed by atoms with van der Waals surface area (Å²) in [5.74, 6) is -1.38. The second-order valence-corrected chi connectivity index (χ2v) is 6.91. The van der Waals surface area contributed by atoms with Crippen LogP contribution in [0.2, 0.25) is 0 Å². The average Bonchev–Trinajstić information content (AvgIpc) is 2.52. The van der Waals surface area contributed by atoms with Gasteiger partial charge in [0.25, 0.3) is 5.91 Å². The SMILES string of the molecule is C[C@@H](C#N)OC(=O)CNC(=O)c1cccc(S(=O)(=O)N(C)C)c1. The number of esters is 1. The molecule has 1 aromatic carbocycles. The van der Waals surface area contributed by atoms with E-state index in [1.54, 1.807) is 6.07 Å². The van der Waals surface area contributed by atoms with Crippen molar-refractivity contribution >= 4 is 21.9 Å². The van der Waals surface area contributed by atoms with Gasteiger partial charge in [0.05, 0.1) is 4.90 Å². The van der Waals surface area contributed by atoms with E-state index in [1.165, 1.54) is 45.3 Å². The van der Waals surface area contributed by atoms with Crippen LogP contribution >= 0.6 is 0 Å². The van der Waals surface area contributed by atoms with Gasteiger partial charge >= 0.3 is 5.97 Å². The van der Waals surface area contributed by atoms with E-state index in [2.05, 4.69) is 10.1 Å². The highest BCUT2D eigenvalue weighted by atomic mass is 32.2. The third-order valence-electron chi connectivity index (χ3n) is 2.76. The van der Waals surface area contributed by atoms with Crippen molar-refractivity contribution in [2.24, 2.45) is 0 Å². The van der Waals surface area contributed by atoms with Gasteiger partial charge in [0.2, 0.25) is 10.0 Å². The van der Waals surface area contributed by atoms with Crippen LogP contribution in [0, 0.1) is 11.3 Å². The molecule has 0 bridgehead atoms. The number of ether oxygens (including phenoxy) is 1. The molecule has 0 saturated heterocycles. The summed E-state index contributed by atoms with van der Waals surface area (Å²) in [7, 11) is -0.891. The third kappa shape index (κ3) is 5.05. The molecule has 0 aliphatic heterocycles. The number of benzene rings is 1. The van der Waals surface area contributed by atoms with E-state index >= 15 is 0 Å². The van der Waals surface area contributed by atoms with Crippen LogP contribution in [0.1, 0.15) is 17.3 Å². The Morgan fingerprint density at radius 2 is 2.04 bits per heavy atom. The van der Waals surface area contributed by atoms with Crippen molar-refractivity contribution in [3.05, 3.63) is 29.8 Å². The Morgan fingerprint density at radius 3 is 2.61 bits per heavy atom. The third-order valence-corrected chi connectivity index (χ3v) is 4.57. The fraction of sp³-hybridized carbons (Fsp3) is 0.357. The average molecular weight is 339 g/mol. The maximum absolute atomic E-state index is 12.0.